The molecule has 5 nitrogen and oxygen atoms in total. The van der Waals surface area contributed by atoms with E-state index in [1.165, 1.54) is 0 Å². The van der Waals surface area contributed by atoms with E-state index in [9.17, 15) is 9.90 Å². The molecular weight excluding hydrogens is 292 g/mol. The molecule has 21 heavy (non-hydrogen) atoms. The minimum Gasteiger partial charge on any atom is -0.394 e. The first-order valence-corrected chi connectivity index (χ1v) is 7.53. The summed E-state index contributed by atoms with van der Waals surface area (Å²) in [6.45, 7) is 2.50. The Hall–Kier alpha value is -1.30. The average molecular weight is 313 g/mol. The van der Waals surface area contributed by atoms with Crippen LogP contribution >= 0.6 is 11.6 Å². The standard InChI is InChI=1S/C15H21ClN2O3/c1-10(14-3-2-8-21-14)17-15(20)18-13(9-19)11-4-6-12(16)7-5-11/h4-7,10,13-14,19H,2-3,8-9H2,1H3,(H2,17,18,20). The fourth-order valence-electron chi connectivity index (χ4n) is 2.43. The second-order valence-corrected chi connectivity index (χ2v) is 5.68. The van der Waals surface area contributed by atoms with Gasteiger partial charge in [0.15, 0.2) is 0 Å². The molecule has 1 aliphatic rings. The monoisotopic (exact) mass is 312 g/mol. The van der Waals surface area contributed by atoms with E-state index in [0.717, 1.165) is 25.0 Å². The third-order valence-electron chi connectivity index (χ3n) is 3.64. The number of ether oxygens (including phenoxy) is 1. The SMILES string of the molecule is CC(NC(=O)NC(CO)c1ccc(Cl)cc1)C1CCCO1. The van der Waals surface area contributed by atoms with Gasteiger partial charge < -0.3 is 20.5 Å². The molecule has 1 aromatic carbocycles. The Balaban J connectivity index is 1.88. The lowest BCUT2D eigenvalue weighted by atomic mass is 10.1. The number of hydrogen-bond donors (Lipinski definition) is 3. The molecule has 0 radical (unpaired) electrons. The number of carbonyl (C=O) groups is 1. The normalized spacial score (nSPS) is 20.8. The molecule has 1 aromatic rings. The number of benzene rings is 1. The number of aliphatic hydroxyl groups excluding tert-OH is 1. The summed E-state index contributed by atoms with van der Waals surface area (Å²) in [6, 6.07) is 6.20. The van der Waals surface area contributed by atoms with Crippen LogP contribution in [0.4, 0.5) is 4.79 Å². The van der Waals surface area contributed by atoms with Gasteiger partial charge in [-0.2, -0.15) is 0 Å². The number of amides is 2. The van der Waals surface area contributed by atoms with E-state index >= 15 is 0 Å². The molecule has 2 rings (SSSR count). The van der Waals surface area contributed by atoms with Gasteiger partial charge in [0.25, 0.3) is 0 Å². The number of nitrogens with one attached hydrogen (secondary N) is 2. The first-order valence-electron chi connectivity index (χ1n) is 7.15. The predicted molar refractivity (Wildman–Crippen MR) is 81.4 cm³/mol. The maximum absolute atomic E-state index is 12.0. The third kappa shape index (κ3) is 4.59. The smallest absolute Gasteiger partial charge is 0.315 e. The van der Waals surface area contributed by atoms with Crippen molar-refractivity contribution in [3.8, 4) is 0 Å². The highest BCUT2D eigenvalue weighted by atomic mass is 35.5. The van der Waals surface area contributed by atoms with Crippen LogP contribution in [0.2, 0.25) is 5.02 Å². The summed E-state index contributed by atoms with van der Waals surface area (Å²) in [4.78, 5) is 12.0. The first-order chi connectivity index (χ1) is 10.1. The largest absolute Gasteiger partial charge is 0.394 e. The molecule has 0 aliphatic carbocycles. The summed E-state index contributed by atoms with van der Waals surface area (Å²) in [5.41, 5.74) is 0.807. The fraction of sp³-hybridized carbons (Fsp3) is 0.533. The first kappa shape index (κ1) is 16.1. The number of rotatable bonds is 5. The topological polar surface area (TPSA) is 70.6 Å². The van der Waals surface area contributed by atoms with Gasteiger partial charge in [0, 0.05) is 11.6 Å². The highest BCUT2D eigenvalue weighted by Crippen LogP contribution is 2.17. The van der Waals surface area contributed by atoms with Crippen molar-refractivity contribution in [1.29, 1.82) is 0 Å². The Morgan fingerprint density at radius 3 is 2.71 bits per heavy atom. The van der Waals surface area contributed by atoms with E-state index in [-0.39, 0.29) is 24.8 Å². The van der Waals surface area contributed by atoms with Crippen molar-refractivity contribution in [1.82, 2.24) is 10.6 Å². The average Bonchev–Trinajstić information content (AvgIpc) is 3.00. The van der Waals surface area contributed by atoms with Crippen LogP contribution in [0.3, 0.4) is 0 Å². The second kappa shape index (κ2) is 7.64. The summed E-state index contributed by atoms with van der Waals surface area (Å²) in [6.07, 6.45) is 2.06. The van der Waals surface area contributed by atoms with Crippen LogP contribution in [-0.2, 0) is 4.74 Å². The van der Waals surface area contributed by atoms with Crippen LogP contribution in [0.5, 0.6) is 0 Å². The molecule has 0 saturated carbocycles. The van der Waals surface area contributed by atoms with Crippen molar-refractivity contribution in [3.63, 3.8) is 0 Å². The molecule has 2 amide bonds. The van der Waals surface area contributed by atoms with Crippen molar-refractivity contribution in [2.45, 2.75) is 38.0 Å². The van der Waals surface area contributed by atoms with E-state index in [1.807, 2.05) is 6.92 Å². The number of halogens is 1. The molecule has 6 heteroatoms. The molecule has 3 unspecified atom stereocenters. The van der Waals surface area contributed by atoms with Gasteiger partial charge in [-0.05, 0) is 37.5 Å². The zero-order valence-electron chi connectivity index (χ0n) is 12.0. The van der Waals surface area contributed by atoms with Gasteiger partial charge in [-0.25, -0.2) is 4.79 Å². The summed E-state index contributed by atoms with van der Waals surface area (Å²) in [5, 5.41) is 15.7. The third-order valence-corrected chi connectivity index (χ3v) is 3.89. The maximum atomic E-state index is 12.0. The Labute approximate surface area is 129 Å². The van der Waals surface area contributed by atoms with Crippen LogP contribution in [0.15, 0.2) is 24.3 Å². The van der Waals surface area contributed by atoms with Crippen LogP contribution in [0, 0.1) is 0 Å². The fourth-order valence-corrected chi connectivity index (χ4v) is 2.55. The van der Waals surface area contributed by atoms with Crippen LogP contribution in [-0.4, -0.2) is 36.5 Å². The van der Waals surface area contributed by atoms with Gasteiger partial charge in [-0.1, -0.05) is 23.7 Å². The van der Waals surface area contributed by atoms with E-state index in [4.69, 9.17) is 16.3 Å². The minimum atomic E-state index is -0.459. The number of aliphatic hydroxyl groups is 1. The Morgan fingerprint density at radius 2 is 2.14 bits per heavy atom. The highest BCUT2D eigenvalue weighted by Gasteiger charge is 2.24. The second-order valence-electron chi connectivity index (χ2n) is 5.24. The predicted octanol–water partition coefficient (Wildman–Crippen LogP) is 2.24. The molecular formula is C15H21ClN2O3. The van der Waals surface area contributed by atoms with E-state index in [1.54, 1.807) is 24.3 Å². The van der Waals surface area contributed by atoms with Crippen molar-refractivity contribution in [2.24, 2.45) is 0 Å². The Kier molecular flexibility index (Phi) is 5.85. The quantitative estimate of drug-likeness (QED) is 0.781. The van der Waals surface area contributed by atoms with Gasteiger partial charge in [-0.15, -0.1) is 0 Å². The zero-order chi connectivity index (χ0) is 15.2. The molecule has 3 atom stereocenters. The van der Waals surface area contributed by atoms with Crippen LogP contribution < -0.4 is 10.6 Å². The maximum Gasteiger partial charge on any atom is 0.315 e. The minimum absolute atomic E-state index is 0.0583. The molecule has 0 spiro atoms. The number of urea groups is 1. The van der Waals surface area contributed by atoms with Gasteiger partial charge in [0.2, 0.25) is 0 Å². The lowest BCUT2D eigenvalue weighted by molar-refractivity contribution is 0.0856. The Bertz CT molecular complexity index is 460. The van der Waals surface area contributed by atoms with Crippen molar-refractivity contribution >= 4 is 17.6 Å². The summed E-state index contributed by atoms with van der Waals surface area (Å²) in [5.74, 6) is 0. The molecule has 116 valence electrons. The number of carbonyl (C=O) groups excluding carboxylic acids is 1. The highest BCUT2D eigenvalue weighted by molar-refractivity contribution is 6.30. The molecule has 1 saturated heterocycles. The summed E-state index contributed by atoms with van der Waals surface area (Å²) < 4.78 is 5.54. The van der Waals surface area contributed by atoms with Gasteiger partial charge in [-0.3, -0.25) is 0 Å². The van der Waals surface area contributed by atoms with Crippen molar-refractivity contribution < 1.29 is 14.6 Å². The van der Waals surface area contributed by atoms with Gasteiger partial charge >= 0.3 is 6.03 Å². The summed E-state index contributed by atoms with van der Waals surface area (Å²) >= 11 is 5.83. The lowest BCUT2D eigenvalue weighted by Crippen LogP contribution is -2.47. The van der Waals surface area contributed by atoms with E-state index in [0.29, 0.717) is 5.02 Å². The Morgan fingerprint density at radius 1 is 1.43 bits per heavy atom. The van der Waals surface area contributed by atoms with Gasteiger partial charge in [0.1, 0.15) is 0 Å². The van der Waals surface area contributed by atoms with Crippen molar-refractivity contribution in [3.05, 3.63) is 34.9 Å². The number of hydrogen-bond acceptors (Lipinski definition) is 3. The van der Waals surface area contributed by atoms with E-state index < -0.39 is 6.04 Å². The lowest BCUT2D eigenvalue weighted by Gasteiger charge is -2.23. The molecule has 1 heterocycles. The van der Waals surface area contributed by atoms with Crippen LogP contribution in [0.1, 0.15) is 31.4 Å². The van der Waals surface area contributed by atoms with Crippen molar-refractivity contribution in [2.75, 3.05) is 13.2 Å². The summed E-state index contributed by atoms with van der Waals surface area (Å²) in [7, 11) is 0. The molecule has 3 N–H and O–H groups in total. The van der Waals surface area contributed by atoms with Gasteiger partial charge in [0.05, 0.1) is 24.8 Å². The molecule has 0 aromatic heterocycles. The van der Waals surface area contributed by atoms with Crippen LogP contribution in [0.25, 0.3) is 0 Å². The van der Waals surface area contributed by atoms with E-state index in [2.05, 4.69) is 10.6 Å². The molecule has 0 bridgehead atoms. The molecule has 1 fully saturated rings. The zero-order valence-corrected chi connectivity index (χ0v) is 12.8. The molecule has 1 aliphatic heterocycles.